The van der Waals surface area contributed by atoms with Crippen molar-refractivity contribution in [2.75, 3.05) is 38.2 Å². The van der Waals surface area contributed by atoms with Crippen molar-refractivity contribution < 1.29 is 19.2 Å². The highest BCUT2D eigenvalue weighted by Gasteiger charge is 2.25. The van der Waals surface area contributed by atoms with E-state index in [9.17, 15) is 19.7 Å². The first-order valence-corrected chi connectivity index (χ1v) is 9.59. The molecule has 0 aliphatic carbocycles. The van der Waals surface area contributed by atoms with Crippen LogP contribution in [0.25, 0.3) is 0 Å². The molecule has 1 aliphatic heterocycles. The van der Waals surface area contributed by atoms with Gasteiger partial charge < -0.3 is 19.9 Å². The Balaban J connectivity index is 1.70. The van der Waals surface area contributed by atoms with Gasteiger partial charge in [-0.2, -0.15) is 0 Å². The number of amides is 2. The van der Waals surface area contributed by atoms with Gasteiger partial charge in [-0.05, 0) is 29.8 Å². The van der Waals surface area contributed by atoms with Crippen LogP contribution >= 0.6 is 0 Å². The van der Waals surface area contributed by atoms with Gasteiger partial charge in [-0.15, -0.1) is 0 Å². The van der Waals surface area contributed by atoms with Gasteiger partial charge in [0.2, 0.25) is 5.91 Å². The van der Waals surface area contributed by atoms with E-state index in [1.54, 1.807) is 36.3 Å². The number of nitrogens with zero attached hydrogens (tertiary/aromatic N) is 3. The highest BCUT2D eigenvalue weighted by molar-refractivity contribution is 5.95. The molecule has 2 aromatic carbocycles. The molecule has 9 heteroatoms. The number of piperazine rings is 1. The molecule has 1 heterocycles. The van der Waals surface area contributed by atoms with Crippen LogP contribution in [0.3, 0.4) is 0 Å². The van der Waals surface area contributed by atoms with Gasteiger partial charge in [0, 0.05) is 51.3 Å². The number of rotatable bonds is 6. The predicted molar refractivity (Wildman–Crippen MR) is 112 cm³/mol. The highest BCUT2D eigenvalue weighted by Crippen LogP contribution is 2.30. The molecule has 158 valence electrons. The molecule has 1 saturated heterocycles. The standard InChI is InChI=1S/C21H24N4O5/c1-15(26)23-9-11-24(12-10-23)19-8-5-17(13-20(19)25(28)29)21(27)22-14-16-3-6-18(30-2)7-4-16/h3-8,13H,9-12,14H2,1-2H3,(H,22,27). The number of benzene rings is 2. The number of nitrogens with one attached hydrogen (secondary N) is 1. The fourth-order valence-electron chi connectivity index (χ4n) is 3.37. The highest BCUT2D eigenvalue weighted by atomic mass is 16.6. The predicted octanol–water partition coefficient (Wildman–Crippen LogP) is 2.20. The van der Waals surface area contributed by atoms with Crippen molar-refractivity contribution in [1.82, 2.24) is 10.2 Å². The second-order valence-corrected chi connectivity index (χ2v) is 6.98. The fraction of sp³-hybridized carbons (Fsp3) is 0.333. The molecule has 0 saturated carbocycles. The average Bonchev–Trinajstić information content (AvgIpc) is 2.77. The van der Waals surface area contributed by atoms with E-state index in [1.807, 2.05) is 17.0 Å². The van der Waals surface area contributed by atoms with Gasteiger partial charge in [0.05, 0.1) is 12.0 Å². The van der Waals surface area contributed by atoms with Crippen molar-refractivity contribution in [3.63, 3.8) is 0 Å². The number of carbonyl (C=O) groups is 2. The van der Waals surface area contributed by atoms with Crippen LogP contribution in [0.4, 0.5) is 11.4 Å². The van der Waals surface area contributed by atoms with E-state index in [0.717, 1.165) is 11.3 Å². The molecule has 2 amide bonds. The topological polar surface area (TPSA) is 105 Å². The minimum absolute atomic E-state index is 0.00645. The third-order valence-electron chi connectivity index (χ3n) is 5.11. The van der Waals surface area contributed by atoms with Crippen LogP contribution in [0.2, 0.25) is 0 Å². The third kappa shape index (κ3) is 4.86. The zero-order chi connectivity index (χ0) is 21.7. The van der Waals surface area contributed by atoms with Crippen molar-refractivity contribution in [2.45, 2.75) is 13.5 Å². The first-order chi connectivity index (χ1) is 14.4. The van der Waals surface area contributed by atoms with Crippen LogP contribution in [-0.2, 0) is 11.3 Å². The van der Waals surface area contributed by atoms with E-state index >= 15 is 0 Å². The Hall–Kier alpha value is -3.62. The lowest BCUT2D eigenvalue weighted by atomic mass is 10.1. The van der Waals surface area contributed by atoms with Gasteiger partial charge >= 0.3 is 0 Å². The molecule has 2 aromatic rings. The maximum atomic E-state index is 12.5. The second kappa shape index (κ2) is 9.25. The summed E-state index contributed by atoms with van der Waals surface area (Å²) in [4.78, 5) is 38.7. The summed E-state index contributed by atoms with van der Waals surface area (Å²) >= 11 is 0. The lowest BCUT2D eigenvalue weighted by Gasteiger charge is -2.35. The lowest BCUT2D eigenvalue weighted by Crippen LogP contribution is -2.48. The molecule has 0 bridgehead atoms. The van der Waals surface area contributed by atoms with Gasteiger partial charge in [-0.3, -0.25) is 19.7 Å². The number of hydrogen-bond donors (Lipinski definition) is 1. The number of hydrogen-bond acceptors (Lipinski definition) is 6. The van der Waals surface area contributed by atoms with Crippen LogP contribution in [0.15, 0.2) is 42.5 Å². The molecule has 30 heavy (non-hydrogen) atoms. The van der Waals surface area contributed by atoms with Crippen molar-refractivity contribution in [2.24, 2.45) is 0 Å². The third-order valence-corrected chi connectivity index (χ3v) is 5.11. The summed E-state index contributed by atoms with van der Waals surface area (Å²) in [6, 6.07) is 11.8. The number of carbonyl (C=O) groups excluding carboxylic acids is 2. The van der Waals surface area contributed by atoms with E-state index in [4.69, 9.17) is 4.74 Å². The molecule has 0 unspecified atom stereocenters. The van der Waals surface area contributed by atoms with E-state index in [1.165, 1.54) is 13.0 Å². The fourth-order valence-corrected chi connectivity index (χ4v) is 3.37. The summed E-state index contributed by atoms with van der Waals surface area (Å²) in [5.74, 6) is 0.329. The maximum absolute atomic E-state index is 12.5. The summed E-state index contributed by atoms with van der Waals surface area (Å²) in [5.41, 5.74) is 1.44. The molecular weight excluding hydrogens is 388 g/mol. The van der Waals surface area contributed by atoms with Crippen LogP contribution < -0.4 is 15.0 Å². The van der Waals surface area contributed by atoms with E-state index in [2.05, 4.69) is 5.32 Å². The summed E-state index contributed by atoms with van der Waals surface area (Å²) in [6.45, 7) is 3.84. The zero-order valence-corrected chi connectivity index (χ0v) is 17.0. The quantitative estimate of drug-likeness (QED) is 0.576. The molecular formula is C21H24N4O5. The lowest BCUT2D eigenvalue weighted by molar-refractivity contribution is -0.384. The maximum Gasteiger partial charge on any atom is 0.293 e. The molecule has 1 N–H and O–H groups in total. The van der Waals surface area contributed by atoms with E-state index in [-0.39, 0.29) is 23.1 Å². The van der Waals surface area contributed by atoms with Crippen molar-refractivity contribution in [1.29, 1.82) is 0 Å². The van der Waals surface area contributed by atoms with Gasteiger partial charge in [0.1, 0.15) is 11.4 Å². The van der Waals surface area contributed by atoms with Crippen molar-refractivity contribution in [3.05, 3.63) is 63.7 Å². The Kier molecular flexibility index (Phi) is 6.51. The molecule has 0 atom stereocenters. The van der Waals surface area contributed by atoms with Crippen LogP contribution in [0.1, 0.15) is 22.8 Å². The van der Waals surface area contributed by atoms with E-state index < -0.39 is 4.92 Å². The molecule has 0 radical (unpaired) electrons. The Morgan fingerprint density at radius 1 is 1.10 bits per heavy atom. The molecule has 1 aliphatic rings. The van der Waals surface area contributed by atoms with Crippen LogP contribution in [0.5, 0.6) is 5.75 Å². The Morgan fingerprint density at radius 2 is 1.77 bits per heavy atom. The second-order valence-electron chi connectivity index (χ2n) is 6.98. The Labute approximate surface area is 174 Å². The van der Waals surface area contributed by atoms with Crippen molar-refractivity contribution >= 4 is 23.2 Å². The van der Waals surface area contributed by atoms with Crippen LogP contribution in [-0.4, -0.2) is 54.9 Å². The zero-order valence-electron chi connectivity index (χ0n) is 17.0. The average molecular weight is 412 g/mol. The van der Waals surface area contributed by atoms with E-state index in [0.29, 0.717) is 38.4 Å². The number of anilines is 1. The van der Waals surface area contributed by atoms with Crippen LogP contribution in [0, 0.1) is 10.1 Å². The monoisotopic (exact) mass is 412 g/mol. The Bertz CT molecular complexity index is 937. The van der Waals surface area contributed by atoms with Gasteiger partial charge in [0.25, 0.3) is 11.6 Å². The van der Waals surface area contributed by atoms with Gasteiger partial charge in [-0.25, -0.2) is 0 Å². The molecule has 0 spiro atoms. The summed E-state index contributed by atoms with van der Waals surface area (Å²) in [6.07, 6.45) is 0. The smallest absolute Gasteiger partial charge is 0.293 e. The number of nitro benzene ring substituents is 1. The molecule has 9 nitrogen and oxygen atoms in total. The normalized spacial score (nSPS) is 13.7. The summed E-state index contributed by atoms with van der Waals surface area (Å²) in [7, 11) is 1.58. The minimum Gasteiger partial charge on any atom is -0.497 e. The number of nitro groups is 1. The summed E-state index contributed by atoms with van der Waals surface area (Å²) < 4.78 is 5.10. The summed E-state index contributed by atoms with van der Waals surface area (Å²) in [5, 5.41) is 14.4. The van der Waals surface area contributed by atoms with Gasteiger partial charge in [-0.1, -0.05) is 12.1 Å². The SMILES string of the molecule is COc1ccc(CNC(=O)c2ccc(N3CCN(C(C)=O)CC3)c([N+](=O)[O-])c2)cc1. The number of methoxy groups -OCH3 is 1. The van der Waals surface area contributed by atoms with Crippen molar-refractivity contribution in [3.8, 4) is 5.75 Å². The number of ether oxygens (including phenoxy) is 1. The molecule has 3 rings (SSSR count). The first kappa shape index (κ1) is 21.1. The Morgan fingerprint density at radius 3 is 2.33 bits per heavy atom. The van der Waals surface area contributed by atoms with Gasteiger partial charge in [0.15, 0.2) is 0 Å². The minimum atomic E-state index is -0.479. The molecule has 0 aromatic heterocycles. The largest absolute Gasteiger partial charge is 0.497 e. The molecule has 1 fully saturated rings. The first-order valence-electron chi connectivity index (χ1n) is 9.59.